The zero-order valence-electron chi connectivity index (χ0n) is 21.8. The zero-order valence-corrected chi connectivity index (χ0v) is 21.8. The number of aromatic nitrogens is 3. The Bertz CT molecular complexity index is 2200. The summed E-state index contributed by atoms with van der Waals surface area (Å²) in [6.45, 7) is 4.29. The first-order valence-electron chi connectivity index (χ1n) is 13.3. The molecule has 0 N–H and O–H groups in total. The van der Waals surface area contributed by atoms with Crippen molar-refractivity contribution >= 4 is 54.4 Å². The van der Waals surface area contributed by atoms with E-state index in [1.807, 2.05) is 6.20 Å². The van der Waals surface area contributed by atoms with Gasteiger partial charge in [-0.25, -0.2) is 4.98 Å². The highest BCUT2D eigenvalue weighted by Crippen LogP contribution is 2.38. The average molecular weight is 500 g/mol. The molecule has 6 aromatic carbocycles. The van der Waals surface area contributed by atoms with Crippen LogP contribution in [0.5, 0.6) is 0 Å². The zero-order chi connectivity index (χ0) is 26.1. The van der Waals surface area contributed by atoms with Crippen LogP contribution in [0.15, 0.2) is 115 Å². The number of aryl methyl sites for hydroxylation is 2. The van der Waals surface area contributed by atoms with Crippen LogP contribution in [0, 0.1) is 13.8 Å². The predicted molar refractivity (Wildman–Crippen MR) is 164 cm³/mol. The number of nitrogens with zero attached hydrogens (tertiary/aromatic N) is 3. The van der Waals surface area contributed by atoms with Crippen molar-refractivity contribution in [1.82, 2.24) is 14.5 Å². The topological polar surface area (TPSA) is 30.7 Å². The summed E-state index contributed by atoms with van der Waals surface area (Å²) in [5, 5.41) is 7.23. The van der Waals surface area contributed by atoms with E-state index >= 15 is 0 Å². The average Bonchev–Trinajstić information content (AvgIpc) is 3.31. The fourth-order valence-corrected chi connectivity index (χ4v) is 6.15. The molecule has 0 aliphatic rings. The van der Waals surface area contributed by atoms with Crippen molar-refractivity contribution in [3.8, 4) is 16.9 Å². The van der Waals surface area contributed by atoms with Gasteiger partial charge >= 0.3 is 0 Å². The quantitative estimate of drug-likeness (QED) is 0.222. The smallest absolute Gasteiger partial charge is 0.0979 e. The SMILES string of the molecule is Cc1ccc2c(c1)c1cc(C)ccc1c1nc(-c3ccccc3-n3c4ccccc4c4ccccc43)cnc21. The van der Waals surface area contributed by atoms with Crippen LogP contribution in [-0.2, 0) is 0 Å². The first-order valence-corrected chi connectivity index (χ1v) is 13.3. The Morgan fingerprint density at radius 3 is 1.74 bits per heavy atom. The van der Waals surface area contributed by atoms with Crippen molar-refractivity contribution in [2.24, 2.45) is 0 Å². The standard InChI is InChI=1S/C36H25N3/c1-22-15-17-26-29(19-22)30-20-23(2)16-18-27(30)36-35(26)37-21-31(38-36)28-11-5-8-14-34(28)39-32-12-6-3-9-24(32)25-10-4-7-13-33(25)39/h3-21H,1-2H3. The maximum atomic E-state index is 5.33. The molecule has 8 aromatic rings. The molecule has 39 heavy (non-hydrogen) atoms. The third-order valence-electron chi connectivity index (χ3n) is 7.92. The molecule has 184 valence electrons. The molecule has 0 saturated heterocycles. The van der Waals surface area contributed by atoms with Crippen LogP contribution in [0.1, 0.15) is 11.1 Å². The van der Waals surface area contributed by atoms with Crippen LogP contribution in [0.3, 0.4) is 0 Å². The molecule has 0 radical (unpaired) electrons. The van der Waals surface area contributed by atoms with Gasteiger partial charge in [0.25, 0.3) is 0 Å². The lowest BCUT2D eigenvalue weighted by Crippen LogP contribution is -1.99. The minimum atomic E-state index is 0.869. The van der Waals surface area contributed by atoms with Gasteiger partial charge in [0.1, 0.15) is 0 Å². The largest absolute Gasteiger partial charge is 0.309 e. The summed E-state index contributed by atoms with van der Waals surface area (Å²) < 4.78 is 2.36. The molecule has 2 aromatic heterocycles. The van der Waals surface area contributed by atoms with E-state index in [9.17, 15) is 0 Å². The van der Waals surface area contributed by atoms with Crippen LogP contribution in [-0.4, -0.2) is 14.5 Å². The summed E-state index contributed by atoms with van der Waals surface area (Å²) in [6.07, 6.45) is 1.94. The summed E-state index contributed by atoms with van der Waals surface area (Å²) >= 11 is 0. The molecule has 2 heterocycles. The van der Waals surface area contributed by atoms with Gasteiger partial charge in [-0.3, -0.25) is 4.98 Å². The number of hydrogen-bond acceptors (Lipinski definition) is 2. The summed E-state index contributed by atoms with van der Waals surface area (Å²) in [5.74, 6) is 0. The molecule has 3 nitrogen and oxygen atoms in total. The molecule has 0 aliphatic heterocycles. The van der Waals surface area contributed by atoms with E-state index in [2.05, 4.69) is 128 Å². The number of hydrogen-bond donors (Lipinski definition) is 0. The van der Waals surface area contributed by atoms with Gasteiger partial charge in [0, 0.05) is 27.1 Å². The maximum absolute atomic E-state index is 5.33. The van der Waals surface area contributed by atoms with Crippen LogP contribution in [0.4, 0.5) is 0 Å². The molecule has 0 bridgehead atoms. The second-order valence-corrected chi connectivity index (χ2v) is 10.4. The van der Waals surface area contributed by atoms with Crippen LogP contribution in [0.25, 0.3) is 71.3 Å². The number of rotatable bonds is 2. The van der Waals surface area contributed by atoms with E-state index in [0.29, 0.717) is 0 Å². The number of fused-ring (bicyclic) bond motifs is 9. The van der Waals surface area contributed by atoms with Crippen molar-refractivity contribution < 1.29 is 0 Å². The highest BCUT2D eigenvalue weighted by atomic mass is 15.0. The molecule has 0 aliphatic carbocycles. The first-order chi connectivity index (χ1) is 19.2. The monoisotopic (exact) mass is 499 g/mol. The first kappa shape index (κ1) is 22.0. The number of para-hydroxylation sites is 3. The summed E-state index contributed by atoms with van der Waals surface area (Å²) in [5.41, 5.74) is 9.76. The molecule has 0 atom stereocenters. The Hall–Kier alpha value is -5.02. The Morgan fingerprint density at radius 1 is 0.513 bits per heavy atom. The van der Waals surface area contributed by atoms with E-state index in [4.69, 9.17) is 9.97 Å². The molecule has 0 amide bonds. The van der Waals surface area contributed by atoms with Gasteiger partial charge in [0.05, 0.1) is 39.6 Å². The van der Waals surface area contributed by atoms with Gasteiger partial charge in [-0.05, 0) is 42.8 Å². The van der Waals surface area contributed by atoms with Gasteiger partial charge in [-0.1, -0.05) is 102 Å². The Morgan fingerprint density at radius 2 is 1.08 bits per heavy atom. The fraction of sp³-hybridized carbons (Fsp3) is 0.0556. The molecule has 0 saturated carbocycles. The third kappa shape index (κ3) is 3.23. The molecule has 0 unspecified atom stereocenters. The van der Waals surface area contributed by atoms with E-state index in [0.717, 1.165) is 38.8 Å². The maximum Gasteiger partial charge on any atom is 0.0979 e. The van der Waals surface area contributed by atoms with Crippen molar-refractivity contribution in [3.05, 3.63) is 127 Å². The number of benzene rings is 6. The Kier molecular flexibility index (Phi) is 4.65. The fourth-order valence-electron chi connectivity index (χ4n) is 6.15. The summed E-state index contributed by atoms with van der Waals surface area (Å²) in [7, 11) is 0. The molecule has 0 fully saturated rings. The van der Waals surface area contributed by atoms with E-state index < -0.39 is 0 Å². The third-order valence-corrected chi connectivity index (χ3v) is 7.92. The normalized spacial score (nSPS) is 11.8. The molecule has 3 heteroatoms. The summed E-state index contributed by atoms with van der Waals surface area (Å²) in [6, 6.07) is 39.0. The van der Waals surface area contributed by atoms with Crippen molar-refractivity contribution in [3.63, 3.8) is 0 Å². The summed E-state index contributed by atoms with van der Waals surface area (Å²) in [4.78, 5) is 10.4. The van der Waals surface area contributed by atoms with Gasteiger partial charge in [0.15, 0.2) is 0 Å². The van der Waals surface area contributed by atoms with E-state index in [1.54, 1.807) is 0 Å². The van der Waals surface area contributed by atoms with Crippen LogP contribution in [0.2, 0.25) is 0 Å². The highest BCUT2D eigenvalue weighted by Gasteiger charge is 2.17. The second kappa shape index (κ2) is 8.24. The van der Waals surface area contributed by atoms with Crippen molar-refractivity contribution in [2.45, 2.75) is 13.8 Å². The molecular formula is C36H25N3. The molecule has 0 spiro atoms. The highest BCUT2D eigenvalue weighted by molar-refractivity contribution is 6.23. The van der Waals surface area contributed by atoms with Gasteiger partial charge in [-0.15, -0.1) is 0 Å². The lowest BCUT2D eigenvalue weighted by Gasteiger charge is -2.15. The minimum absolute atomic E-state index is 0.869. The van der Waals surface area contributed by atoms with E-state index in [-0.39, 0.29) is 0 Å². The minimum Gasteiger partial charge on any atom is -0.309 e. The van der Waals surface area contributed by atoms with Gasteiger partial charge in [0.2, 0.25) is 0 Å². The second-order valence-electron chi connectivity index (χ2n) is 10.4. The van der Waals surface area contributed by atoms with Crippen molar-refractivity contribution in [2.75, 3.05) is 0 Å². The predicted octanol–water partition coefficient (Wildman–Crippen LogP) is 9.32. The Balaban J connectivity index is 1.45. The molecular weight excluding hydrogens is 474 g/mol. The van der Waals surface area contributed by atoms with Crippen molar-refractivity contribution in [1.29, 1.82) is 0 Å². The lowest BCUT2D eigenvalue weighted by atomic mass is 9.96. The van der Waals surface area contributed by atoms with Gasteiger partial charge in [-0.2, -0.15) is 0 Å². The Labute approximate surface area is 226 Å². The van der Waals surface area contributed by atoms with E-state index in [1.165, 1.54) is 43.7 Å². The van der Waals surface area contributed by atoms with Gasteiger partial charge < -0.3 is 4.57 Å². The van der Waals surface area contributed by atoms with Crippen LogP contribution >= 0.6 is 0 Å². The lowest BCUT2D eigenvalue weighted by molar-refractivity contribution is 1.17. The molecule has 8 rings (SSSR count). The van der Waals surface area contributed by atoms with Crippen LogP contribution < -0.4 is 0 Å².